The molecule has 0 spiro atoms. The summed E-state index contributed by atoms with van der Waals surface area (Å²) in [5, 5.41) is 10.5. The number of benzene rings is 2. The number of rotatable bonds is 3. The van der Waals surface area contributed by atoms with E-state index in [-0.39, 0.29) is 10.7 Å². The van der Waals surface area contributed by atoms with Gasteiger partial charge in [-0.2, -0.15) is 13.2 Å². The Balaban J connectivity index is 2.22. The molecule has 0 aliphatic heterocycles. The van der Waals surface area contributed by atoms with E-state index in [1.807, 2.05) is 0 Å². The van der Waals surface area contributed by atoms with E-state index in [2.05, 4.69) is 0 Å². The van der Waals surface area contributed by atoms with E-state index in [9.17, 15) is 23.3 Å². The third-order valence-corrected chi connectivity index (χ3v) is 4.04. The van der Waals surface area contributed by atoms with Gasteiger partial charge >= 0.3 is 6.18 Å². The minimum atomic E-state index is -4.44. The van der Waals surface area contributed by atoms with Crippen LogP contribution in [0.2, 0.25) is 5.02 Å². The molecule has 0 atom stereocenters. The fourth-order valence-electron chi connectivity index (χ4n) is 1.52. The molecule has 0 heterocycles. The van der Waals surface area contributed by atoms with Crippen LogP contribution in [0, 0.1) is 10.1 Å². The van der Waals surface area contributed by atoms with Crippen molar-refractivity contribution in [2.24, 2.45) is 0 Å². The van der Waals surface area contributed by atoms with Crippen LogP contribution in [0.1, 0.15) is 5.56 Å². The first-order valence-corrected chi connectivity index (χ1v) is 6.76. The summed E-state index contributed by atoms with van der Waals surface area (Å²) in [5.74, 6) is 0. The van der Waals surface area contributed by atoms with Gasteiger partial charge in [0.2, 0.25) is 0 Å². The van der Waals surface area contributed by atoms with Gasteiger partial charge < -0.3 is 0 Å². The standard InChI is InChI=1S/C13H7ClF3NO2S/c14-11-7-8(13(15,16)17)1-6-12(11)21-10-4-2-9(3-5-10)18(19)20/h1-7H. The Morgan fingerprint density at radius 2 is 1.71 bits per heavy atom. The molecule has 2 aromatic rings. The van der Waals surface area contributed by atoms with Crippen LogP contribution in [0.5, 0.6) is 0 Å². The molecule has 3 nitrogen and oxygen atoms in total. The number of hydrogen-bond acceptors (Lipinski definition) is 3. The molecule has 0 unspecified atom stereocenters. The monoisotopic (exact) mass is 333 g/mol. The molecule has 0 aliphatic carbocycles. The van der Waals surface area contributed by atoms with Gasteiger partial charge in [-0.3, -0.25) is 10.1 Å². The van der Waals surface area contributed by atoms with Gasteiger partial charge in [-0.25, -0.2) is 0 Å². The first-order valence-electron chi connectivity index (χ1n) is 5.56. The quantitative estimate of drug-likeness (QED) is 0.556. The molecule has 2 aromatic carbocycles. The van der Waals surface area contributed by atoms with E-state index in [1.54, 1.807) is 0 Å². The lowest BCUT2D eigenvalue weighted by molar-refractivity contribution is -0.384. The predicted molar refractivity (Wildman–Crippen MR) is 73.7 cm³/mol. The molecule has 0 bridgehead atoms. The van der Waals surface area contributed by atoms with Crippen molar-refractivity contribution in [3.05, 3.63) is 63.2 Å². The van der Waals surface area contributed by atoms with Gasteiger partial charge in [0.1, 0.15) is 0 Å². The second-order valence-electron chi connectivity index (χ2n) is 4.00. The van der Waals surface area contributed by atoms with Gasteiger partial charge in [-0.1, -0.05) is 23.4 Å². The molecule has 0 radical (unpaired) electrons. The predicted octanol–water partition coefficient (Wildman–Crippen LogP) is 5.42. The molecule has 2 rings (SSSR count). The van der Waals surface area contributed by atoms with E-state index in [1.165, 1.54) is 30.3 Å². The third kappa shape index (κ3) is 3.89. The Labute approximate surface area is 126 Å². The Morgan fingerprint density at radius 3 is 2.19 bits per heavy atom. The normalized spacial score (nSPS) is 11.4. The zero-order valence-electron chi connectivity index (χ0n) is 10.2. The van der Waals surface area contributed by atoms with Crippen molar-refractivity contribution in [1.82, 2.24) is 0 Å². The highest BCUT2D eigenvalue weighted by atomic mass is 35.5. The van der Waals surface area contributed by atoms with Crippen molar-refractivity contribution < 1.29 is 18.1 Å². The molecule has 8 heteroatoms. The maximum Gasteiger partial charge on any atom is 0.416 e. The Hall–Kier alpha value is -1.73. The summed E-state index contributed by atoms with van der Waals surface area (Å²) < 4.78 is 37.6. The lowest BCUT2D eigenvalue weighted by Gasteiger charge is -2.09. The summed E-state index contributed by atoms with van der Waals surface area (Å²) >= 11 is 6.97. The minimum Gasteiger partial charge on any atom is -0.258 e. The lowest BCUT2D eigenvalue weighted by Crippen LogP contribution is -2.04. The van der Waals surface area contributed by atoms with Gasteiger partial charge in [0, 0.05) is 21.9 Å². The van der Waals surface area contributed by atoms with Gasteiger partial charge in [0.25, 0.3) is 5.69 Å². The smallest absolute Gasteiger partial charge is 0.258 e. The van der Waals surface area contributed by atoms with E-state index < -0.39 is 16.7 Å². The van der Waals surface area contributed by atoms with Crippen molar-refractivity contribution in [3.63, 3.8) is 0 Å². The zero-order valence-corrected chi connectivity index (χ0v) is 11.8. The van der Waals surface area contributed by atoms with E-state index in [4.69, 9.17) is 11.6 Å². The van der Waals surface area contributed by atoms with Crippen LogP contribution in [0.15, 0.2) is 52.3 Å². The number of halogens is 4. The van der Waals surface area contributed by atoms with Gasteiger partial charge in [0.05, 0.1) is 15.5 Å². The van der Waals surface area contributed by atoms with Crippen molar-refractivity contribution >= 4 is 29.1 Å². The number of nitro benzene ring substituents is 1. The van der Waals surface area contributed by atoms with Gasteiger partial charge in [-0.05, 0) is 30.3 Å². The third-order valence-electron chi connectivity index (χ3n) is 2.53. The van der Waals surface area contributed by atoms with Crippen molar-refractivity contribution in [2.75, 3.05) is 0 Å². The van der Waals surface area contributed by atoms with Crippen LogP contribution in [0.4, 0.5) is 18.9 Å². The average molecular weight is 334 g/mol. The number of hydrogen-bond donors (Lipinski definition) is 0. The van der Waals surface area contributed by atoms with Crippen LogP contribution in [0.25, 0.3) is 0 Å². The molecule has 0 saturated heterocycles. The molecule has 21 heavy (non-hydrogen) atoms. The average Bonchev–Trinajstić information content (AvgIpc) is 2.40. The largest absolute Gasteiger partial charge is 0.416 e. The highest BCUT2D eigenvalue weighted by molar-refractivity contribution is 7.99. The van der Waals surface area contributed by atoms with Gasteiger partial charge in [-0.15, -0.1) is 0 Å². The number of non-ortho nitro benzene ring substituents is 1. The summed E-state index contributed by atoms with van der Waals surface area (Å²) in [5.41, 5.74) is -0.876. The summed E-state index contributed by atoms with van der Waals surface area (Å²) in [4.78, 5) is 11.1. The number of nitrogens with zero attached hydrogens (tertiary/aromatic N) is 1. The summed E-state index contributed by atoms with van der Waals surface area (Å²) in [7, 11) is 0. The maximum atomic E-state index is 12.5. The van der Waals surface area contributed by atoms with Crippen LogP contribution in [-0.4, -0.2) is 4.92 Å². The Kier molecular flexibility index (Phi) is 4.43. The molecular weight excluding hydrogens is 327 g/mol. The summed E-state index contributed by atoms with van der Waals surface area (Å²) in [6, 6.07) is 8.74. The number of alkyl halides is 3. The fraction of sp³-hybridized carbons (Fsp3) is 0.0769. The molecule has 0 N–H and O–H groups in total. The molecule has 0 fully saturated rings. The second kappa shape index (κ2) is 5.95. The second-order valence-corrected chi connectivity index (χ2v) is 5.52. The SMILES string of the molecule is O=[N+]([O-])c1ccc(Sc2ccc(C(F)(F)F)cc2Cl)cc1. The van der Waals surface area contributed by atoms with E-state index in [0.717, 1.165) is 23.9 Å². The van der Waals surface area contributed by atoms with Gasteiger partial charge in [0.15, 0.2) is 0 Å². The first kappa shape index (κ1) is 15.7. The molecule has 0 saturated carbocycles. The van der Waals surface area contributed by atoms with Crippen LogP contribution < -0.4 is 0 Å². The minimum absolute atomic E-state index is 0.0202. The van der Waals surface area contributed by atoms with E-state index >= 15 is 0 Å². The topological polar surface area (TPSA) is 43.1 Å². The Morgan fingerprint density at radius 1 is 1.10 bits per heavy atom. The summed E-state index contributed by atoms with van der Waals surface area (Å²) in [6.45, 7) is 0. The van der Waals surface area contributed by atoms with Crippen LogP contribution in [-0.2, 0) is 6.18 Å². The molecule has 0 aromatic heterocycles. The van der Waals surface area contributed by atoms with Crippen molar-refractivity contribution in [2.45, 2.75) is 16.0 Å². The molecular formula is C13H7ClF3NO2S. The zero-order chi connectivity index (χ0) is 15.6. The van der Waals surface area contributed by atoms with Crippen LogP contribution in [0.3, 0.4) is 0 Å². The lowest BCUT2D eigenvalue weighted by atomic mass is 10.2. The Bertz CT molecular complexity index is 674. The van der Waals surface area contributed by atoms with Crippen molar-refractivity contribution in [1.29, 1.82) is 0 Å². The molecule has 0 amide bonds. The molecule has 0 aliphatic rings. The highest BCUT2D eigenvalue weighted by Crippen LogP contribution is 2.38. The number of nitro groups is 1. The van der Waals surface area contributed by atoms with Crippen molar-refractivity contribution in [3.8, 4) is 0 Å². The van der Waals surface area contributed by atoms with Crippen LogP contribution >= 0.6 is 23.4 Å². The fourth-order valence-corrected chi connectivity index (χ4v) is 2.64. The molecule has 110 valence electrons. The maximum absolute atomic E-state index is 12.5. The van der Waals surface area contributed by atoms with E-state index in [0.29, 0.717) is 9.79 Å². The summed E-state index contributed by atoms with van der Waals surface area (Å²) in [6.07, 6.45) is -4.44. The first-order chi connectivity index (χ1) is 9.77. The highest BCUT2D eigenvalue weighted by Gasteiger charge is 2.30.